The summed E-state index contributed by atoms with van der Waals surface area (Å²) in [5, 5.41) is 18.8. The van der Waals surface area contributed by atoms with Gasteiger partial charge in [-0.15, -0.1) is 0 Å². The molecule has 0 fully saturated rings. The van der Waals surface area contributed by atoms with E-state index in [1.54, 1.807) is 30.3 Å². The van der Waals surface area contributed by atoms with E-state index in [4.69, 9.17) is 5.02 Å². The van der Waals surface area contributed by atoms with E-state index in [0.717, 1.165) is 0 Å². The van der Waals surface area contributed by atoms with Crippen LogP contribution >= 0.6 is 0 Å². The van der Waals surface area contributed by atoms with Gasteiger partial charge in [0.25, 0.3) is 0 Å². The van der Waals surface area contributed by atoms with Gasteiger partial charge in [0.05, 0.1) is 0 Å². The Kier molecular flexibility index (Phi) is 3.72. The quantitative estimate of drug-likeness (QED) is 0.495. The van der Waals surface area contributed by atoms with E-state index in [9.17, 15) is 5.02 Å². The third-order valence-corrected chi connectivity index (χ3v) is 1.08. The first kappa shape index (κ1) is 9.16. The predicted octanol–water partition coefficient (Wildman–Crippen LogP) is -0.889. The predicted molar refractivity (Wildman–Crippen MR) is 40.0 cm³/mol. The summed E-state index contributed by atoms with van der Waals surface area (Å²) >= 11 is 0. The Morgan fingerprint density at radius 2 is 1.70 bits per heavy atom. The zero-order chi connectivity index (χ0) is 6.69. The number of quaternary nitrogens is 1. The van der Waals surface area contributed by atoms with Crippen LogP contribution in [0.3, 0.4) is 0 Å². The largest absolute Gasteiger partial charge is 0.853 e. The van der Waals surface area contributed by atoms with Gasteiger partial charge in [0.1, 0.15) is 0 Å². The Morgan fingerprint density at radius 3 is 2.00 bits per heavy atom. The number of benzene rings is 1. The van der Waals surface area contributed by atoms with Gasteiger partial charge in [0.15, 0.2) is 0 Å². The fraction of sp³-hybridized carbons (Fsp3) is 0. The van der Waals surface area contributed by atoms with Crippen LogP contribution in [0.15, 0.2) is 30.3 Å². The summed E-state index contributed by atoms with van der Waals surface area (Å²) in [5.41, 5.74) is 0.414. The summed E-state index contributed by atoms with van der Waals surface area (Å²) in [7, 11) is -1.59. The van der Waals surface area contributed by atoms with Gasteiger partial charge < -0.3 is 16.2 Å². The second kappa shape index (κ2) is 4.06. The molecule has 0 aliphatic rings. The van der Waals surface area contributed by atoms with Gasteiger partial charge in [-0.05, 0) is 0 Å². The van der Waals surface area contributed by atoms with Crippen molar-refractivity contribution in [3.8, 4) is 0 Å². The molecule has 0 aliphatic heterocycles. The molecule has 0 aliphatic carbocycles. The van der Waals surface area contributed by atoms with Crippen molar-refractivity contribution in [3.63, 3.8) is 0 Å². The van der Waals surface area contributed by atoms with Crippen LogP contribution in [0.1, 0.15) is 0 Å². The molecule has 1 aromatic carbocycles. The highest BCUT2D eigenvalue weighted by Gasteiger charge is 1.92. The van der Waals surface area contributed by atoms with Crippen molar-refractivity contribution in [1.29, 1.82) is 0 Å². The lowest BCUT2D eigenvalue weighted by Gasteiger charge is -2.09. The second-order valence-corrected chi connectivity index (χ2v) is 1.76. The van der Waals surface area contributed by atoms with Gasteiger partial charge in [0, 0.05) is 0 Å². The Balaban J connectivity index is 0.000000810. The van der Waals surface area contributed by atoms with E-state index in [2.05, 4.69) is 0 Å². The number of hydrogen-bond donors (Lipinski definition) is 2. The molecule has 1 aromatic rings. The monoisotopic (exact) mass is 139 g/mol. The van der Waals surface area contributed by atoms with Gasteiger partial charge in [0.2, 0.25) is 7.12 Å². The van der Waals surface area contributed by atoms with E-state index in [0.29, 0.717) is 5.46 Å². The van der Waals surface area contributed by atoms with Crippen LogP contribution in [0.5, 0.6) is 0 Å². The van der Waals surface area contributed by atoms with Crippen LogP contribution in [0.4, 0.5) is 0 Å². The maximum Gasteiger partial charge on any atom is 0.212 e. The van der Waals surface area contributed by atoms with Gasteiger partial charge in [-0.2, -0.15) is 0 Å². The molecule has 0 radical (unpaired) electrons. The van der Waals surface area contributed by atoms with Gasteiger partial charge >= 0.3 is 0 Å². The van der Waals surface area contributed by atoms with Crippen LogP contribution in [0, 0.1) is 0 Å². The highest BCUT2D eigenvalue weighted by molar-refractivity contribution is 6.56. The van der Waals surface area contributed by atoms with Crippen molar-refractivity contribution in [3.05, 3.63) is 30.3 Å². The van der Waals surface area contributed by atoms with E-state index >= 15 is 0 Å². The highest BCUT2D eigenvalue weighted by Crippen LogP contribution is 1.80. The maximum atomic E-state index is 10.3. The van der Waals surface area contributed by atoms with E-state index in [-0.39, 0.29) is 6.15 Å². The SMILES string of the molecule is [NH4+].[O-]B(O)c1ccccc1. The average molecular weight is 139 g/mol. The molecule has 0 saturated heterocycles. The summed E-state index contributed by atoms with van der Waals surface area (Å²) in [6.45, 7) is 0. The highest BCUT2D eigenvalue weighted by atomic mass is 16.4. The molecule has 0 aromatic heterocycles. The lowest BCUT2D eigenvalue weighted by atomic mass is 9.81. The summed E-state index contributed by atoms with van der Waals surface area (Å²) in [6.07, 6.45) is 0. The van der Waals surface area contributed by atoms with Crippen molar-refractivity contribution >= 4 is 12.6 Å². The normalized spacial score (nSPS) is 8.20. The first-order chi connectivity index (χ1) is 4.30. The standard InChI is InChI=1S/C6H6BO2.H3N/c8-7(9)6-4-2-1-3-5-6;/h1-5,8H;1H3/q-1;/p+1. The molecule has 4 heteroatoms. The summed E-state index contributed by atoms with van der Waals surface area (Å²) < 4.78 is 0. The molecule has 54 valence electrons. The smallest absolute Gasteiger partial charge is 0.212 e. The topological polar surface area (TPSA) is 79.8 Å². The van der Waals surface area contributed by atoms with Crippen molar-refractivity contribution in [2.75, 3.05) is 0 Å². The molecule has 0 saturated carbocycles. The van der Waals surface area contributed by atoms with Crippen molar-refractivity contribution < 1.29 is 10.0 Å². The molecule has 0 spiro atoms. The molecule has 0 heterocycles. The lowest BCUT2D eigenvalue weighted by Crippen LogP contribution is -2.43. The number of hydrogen-bond acceptors (Lipinski definition) is 2. The average Bonchev–Trinajstić information content (AvgIpc) is 1.90. The third kappa shape index (κ3) is 2.18. The maximum absolute atomic E-state index is 10.3. The minimum Gasteiger partial charge on any atom is -0.853 e. The first-order valence-electron chi connectivity index (χ1n) is 2.69. The Bertz CT molecular complexity index is 178. The van der Waals surface area contributed by atoms with Crippen LogP contribution in [0.2, 0.25) is 0 Å². The molecular weight excluding hydrogens is 129 g/mol. The Hall–Kier alpha value is -0.835. The minimum atomic E-state index is -1.59. The Labute approximate surface area is 60.0 Å². The van der Waals surface area contributed by atoms with E-state index in [1.165, 1.54) is 0 Å². The van der Waals surface area contributed by atoms with Gasteiger partial charge in [-0.1, -0.05) is 35.8 Å². The van der Waals surface area contributed by atoms with Crippen LogP contribution in [0.25, 0.3) is 0 Å². The van der Waals surface area contributed by atoms with Crippen molar-refractivity contribution in [1.82, 2.24) is 6.15 Å². The molecular formula is C6H10BNO2. The number of rotatable bonds is 1. The first-order valence-corrected chi connectivity index (χ1v) is 2.69. The van der Waals surface area contributed by atoms with Crippen LogP contribution < -0.4 is 16.6 Å². The molecule has 0 atom stereocenters. The zero-order valence-electron chi connectivity index (χ0n) is 5.82. The molecule has 1 rings (SSSR count). The molecule has 5 N–H and O–H groups in total. The Morgan fingerprint density at radius 1 is 1.20 bits per heavy atom. The molecule has 10 heavy (non-hydrogen) atoms. The van der Waals surface area contributed by atoms with Crippen molar-refractivity contribution in [2.24, 2.45) is 0 Å². The van der Waals surface area contributed by atoms with Gasteiger partial charge in [-0.25, -0.2) is 0 Å². The van der Waals surface area contributed by atoms with Gasteiger partial charge in [-0.3, -0.25) is 0 Å². The van der Waals surface area contributed by atoms with Crippen molar-refractivity contribution in [2.45, 2.75) is 0 Å². The summed E-state index contributed by atoms with van der Waals surface area (Å²) in [5.74, 6) is 0. The fourth-order valence-corrected chi connectivity index (χ4v) is 0.618. The second-order valence-electron chi connectivity index (χ2n) is 1.76. The fourth-order valence-electron chi connectivity index (χ4n) is 0.618. The van der Waals surface area contributed by atoms with Crippen LogP contribution in [-0.4, -0.2) is 12.1 Å². The molecule has 0 amide bonds. The summed E-state index contributed by atoms with van der Waals surface area (Å²) in [6, 6.07) is 8.42. The third-order valence-electron chi connectivity index (χ3n) is 1.08. The lowest BCUT2D eigenvalue weighted by molar-refractivity contribution is -0.211. The van der Waals surface area contributed by atoms with E-state index in [1.807, 2.05) is 0 Å². The van der Waals surface area contributed by atoms with E-state index < -0.39 is 7.12 Å². The summed E-state index contributed by atoms with van der Waals surface area (Å²) in [4.78, 5) is 0. The van der Waals surface area contributed by atoms with Crippen LogP contribution in [-0.2, 0) is 0 Å². The molecule has 0 bridgehead atoms. The zero-order valence-corrected chi connectivity index (χ0v) is 5.82. The molecule has 3 nitrogen and oxygen atoms in total. The molecule has 0 unspecified atom stereocenters. The minimum absolute atomic E-state index is 0.